The van der Waals surface area contributed by atoms with Crippen molar-refractivity contribution < 1.29 is 9.59 Å². The van der Waals surface area contributed by atoms with Gasteiger partial charge >= 0.3 is 0 Å². The van der Waals surface area contributed by atoms with Gasteiger partial charge in [-0.05, 0) is 38.1 Å². The van der Waals surface area contributed by atoms with Crippen LogP contribution in [0.5, 0.6) is 0 Å². The third-order valence-corrected chi connectivity index (χ3v) is 5.66. The quantitative estimate of drug-likeness (QED) is 0.572. The molecule has 0 fully saturated rings. The van der Waals surface area contributed by atoms with Crippen LogP contribution in [0.15, 0.2) is 35.8 Å². The van der Waals surface area contributed by atoms with Crippen LogP contribution in [0.25, 0.3) is 5.13 Å². The number of aromatic nitrogens is 2. The van der Waals surface area contributed by atoms with E-state index in [9.17, 15) is 9.59 Å². The number of rotatable bonds is 6. The Labute approximate surface area is 176 Å². The fourth-order valence-electron chi connectivity index (χ4n) is 2.80. The first-order valence-electron chi connectivity index (χ1n) is 8.48. The zero-order chi connectivity index (χ0) is 20.3. The highest BCUT2D eigenvalue weighted by Crippen LogP contribution is 2.23. The summed E-state index contributed by atoms with van der Waals surface area (Å²) in [5.74, 6) is -0.477. The lowest BCUT2D eigenvalue weighted by Crippen LogP contribution is -2.34. The first-order chi connectivity index (χ1) is 13.4. The number of nitrogens with one attached hydrogen (secondary N) is 2. The van der Waals surface area contributed by atoms with Crippen molar-refractivity contribution in [1.29, 1.82) is 0 Å². The largest absolute Gasteiger partial charge is 0.350 e. The molecular weight excluding hydrogens is 419 g/mol. The number of carbonyl (C=O) groups excluding carboxylic acids is 2. The Bertz CT molecular complexity index is 1020. The van der Waals surface area contributed by atoms with Gasteiger partial charge in [0.15, 0.2) is 5.13 Å². The van der Waals surface area contributed by atoms with Crippen molar-refractivity contribution in [3.63, 3.8) is 0 Å². The average molecular weight is 437 g/mol. The van der Waals surface area contributed by atoms with Crippen molar-refractivity contribution in [3.8, 4) is 5.13 Å². The molecule has 0 aliphatic carbocycles. The number of halogens is 2. The third-order valence-electron chi connectivity index (χ3n) is 4.16. The smallest absolute Gasteiger partial charge is 0.253 e. The summed E-state index contributed by atoms with van der Waals surface area (Å²) >= 11 is 13.3. The van der Waals surface area contributed by atoms with Crippen LogP contribution in [0.4, 0.5) is 0 Å². The Hall–Kier alpha value is -2.35. The summed E-state index contributed by atoms with van der Waals surface area (Å²) in [4.78, 5) is 28.9. The van der Waals surface area contributed by atoms with Gasteiger partial charge in [0.25, 0.3) is 11.8 Å². The molecule has 0 saturated heterocycles. The van der Waals surface area contributed by atoms with E-state index in [0.717, 1.165) is 16.5 Å². The summed E-state index contributed by atoms with van der Waals surface area (Å²) in [7, 11) is 0. The molecule has 2 heterocycles. The van der Waals surface area contributed by atoms with Gasteiger partial charge in [0, 0.05) is 41.6 Å². The zero-order valence-electron chi connectivity index (χ0n) is 15.3. The van der Waals surface area contributed by atoms with E-state index in [1.54, 1.807) is 18.3 Å². The van der Waals surface area contributed by atoms with E-state index in [1.807, 2.05) is 29.9 Å². The van der Waals surface area contributed by atoms with Crippen molar-refractivity contribution in [1.82, 2.24) is 20.2 Å². The van der Waals surface area contributed by atoms with Crippen LogP contribution in [0, 0.1) is 13.8 Å². The SMILES string of the molecule is Cc1cc(C(=O)NCCNC(=O)c2ccc(Cl)c(Cl)c2)c(C)n1-c1nccs1. The van der Waals surface area contributed by atoms with Crippen LogP contribution in [-0.2, 0) is 0 Å². The zero-order valence-corrected chi connectivity index (χ0v) is 17.6. The predicted molar refractivity (Wildman–Crippen MR) is 112 cm³/mol. The number of aryl methyl sites for hydroxylation is 1. The number of hydrogen-bond donors (Lipinski definition) is 2. The number of amides is 2. The number of nitrogens with zero attached hydrogens (tertiary/aromatic N) is 2. The van der Waals surface area contributed by atoms with Crippen molar-refractivity contribution in [2.45, 2.75) is 13.8 Å². The topological polar surface area (TPSA) is 76.0 Å². The molecule has 2 aromatic heterocycles. The fraction of sp³-hybridized carbons (Fsp3) is 0.211. The van der Waals surface area contributed by atoms with Crippen molar-refractivity contribution in [2.75, 3.05) is 13.1 Å². The molecule has 0 bridgehead atoms. The first kappa shape index (κ1) is 20.4. The Morgan fingerprint density at radius 3 is 2.43 bits per heavy atom. The lowest BCUT2D eigenvalue weighted by atomic mass is 10.2. The molecule has 0 saturated carbocycles. The molecule has 0 unspecified atom stereocenters. The highest BCUT2D eigenvalue weighted by Gasteiger charge is 2.17. The molecule has 0 spiro atoms. The molecule has 0 radical (unpaired) electrons. The Balaban J connectivity index is 1.56. The highest BCUT2D eigenvalue weighted by molar-refractivity contribution is 7.12. The molecule has 0 aliphatic rings. The molecule has 28 heavy (non-hydrogen) atoms. The molecule has 3 aromatic rings. The molecule has 2 N–H and O–H groups in total. The molecular formula is C19H18Cl2N4O2S. The lowest BCUT2D eigenvalue weighted by molar-refractivity contribution is 0.0927. The van der Waals surface area contributed by atoms with Crippen LogP contribution in [-0.4, -0.2) is 34.5 Å². The second-order valence-corrected chi connectivity index (χ2v) is 7.76. The standard InChI is InChI=1S/C19H18Cl2N4O2S/c1-11-9-14(12(2)25(11)19-24-7-8-28-19)18(27)23-6-5-22-17(26)13-3-4-15(20)16(21)10-13/h3-4,7-10H,5-6H2,1-2H3,(H,22,26)(H,23,27). The normalized spacial score (nSPS) is 10.7. The second-order valence-electron chi connectivity index (χ2n) is 6.08. The maximum atomic E-state index is 12.5. The van der Waals surface area contributed by atoms with Crippen LogP contribution < -0.4 is 10.6 Å². The maximum absolute atomic E-state index is 12.5. The van der Waals surface area contributed by atoms with Crippen LogP contribution in [0.1, 0.15) is 32.1 Å². The summed E-state index contributed by atoms with van der Waals surface area (Å²) in [6.07, 6.45) is 1.73. The van der Waals surface area contributed by atoms with Gasteiger partial charge in [0.2, 0.25) is 0 Å². The van der Waals surface area contributed by atoms with E-state index >= 15 is 0 Å². The van der Waals surface area contributed by atoms with Crippen molar-refractivity contribution in [2.24, 2.45) is 0 Å². The summed E-state index contributed by atoms with van der Waals surface area (Å²) in [6.45, 7) is 4.40. The van der Waals surface area contributed by atoms with Gasteiger partial charge in [-0.1, -0.05) is 23.2 Å². The van der Waals surface area contributed by atoms with E-state index in [1.165, 1.54) is 17.4 Å². The molecule has 6 nitrogen and oxygen atoms in total. The Morgan fingerprint density at radius 1 is 1.07 bits per heavy atom. The molecule has 1 aromatic carbocycles. The fourth-order valence-corrected chi connectivity index (χ4v) is 3.85. The van der Waals surface area contributed by atoms with Gasteiger partial charge in [0.05, 0.1) is 15.6 Å². The molecule has 0 atom stereocenters. The average Bonchev–Trinajstić information content (AvgIpc) is 3.28. The van der Waals surface area contributed by atoms with Gasteiger partial charge < -0.3 is 10.6 Å². The second kappa shape index (κ2) is 8.77. The number of thiazole rings is 1. The van der Waals surface area contributed by atoms with Gasteiger partial charge in [-0.15, -0.1) is 11.3 Å². The molecule has 3 rings (SSSR count). The number of benzene rings is 1. The minimum absolute atomic E-state index is 0.195. The number of carbonyl (C=O) groups is 2. The van der Waals surface area contributed by atoms with E-state index in [0.29, 0.717) is 27.7 Å². The Morgan fingerprint density at radius 2 is 1.79 bits per heavy atom. The molecule has 146 valence electrons. The summed E-state index contributed by atoms with van der Waals surface area (Å²) in [5, 5.41) is 8.98. The summed E-state index contributed by atoms with van der Waals surface area (Å²) in [6, 6.07) is 6.50. The molecule has 9 heteroatoms. The minimum atomic E-state index is -0.283. The van der Waals surface area contributed by atoms with Crippen molar-refractivity contribution >= 4 is 46.4 Å². The predicted octanol–water partition coefficient (Wildman–Crippen LogP) is 4.02. The lowest BCUT2D eigenvalue weighted by Gasteiger charge is -2.08. The monoisotopic (exact) mass is 436 g/mol. The summed E-state index contributed by atoms with van der Waals surface area (Å²) in [5.41, 5.74) is 2.76. The van der Waals surface area contributed by atoms with E-state index in [2.05, 4.69) is 15.6 Å². The van der Waals surface area contributed by atoms with Crippen LogP contribution in [0.2, 0.25) is 10.0 Å². The Kier molecular flexibility index (Phi) is 6.39. The number of hydrogen-bond acceptors (Lipinski definition) is 4. The molecule has 2 amide bonds. The van der Waals surface area contributed by atoms with Gasteiger partial charge in [-0.25, -0.2) is 4.98 Å². The molecule has 0 aliphatic heterocycles. The van der Waals surface area contributed by atoms with Gasteiger partial charge in [-0.3, -0.25) is 14.2 Å². The van der Waals surface area contributed by atoms with E-state index in [4.69, 9.17) is 23.2 Å². The van der Waals surface area contributed by atoms with Gasteiger partial charge in [-0.2, -0.15) is 0 Å². The van der Waals surface area contributed by atoms with Crippen molar-refractivity contribution in [3.05, 3.63) is 68.4 Å². The van der Waals surface area contributed by atoms with E-state index < -0.39 is 0 Å². The summed E-state index contributed by atoms with van der Waals surface area (Å²) < 4.78 is 1.95. The van der Waals surface area contributed by atoms with Crippen LogP contribution >= 0.6 is 34.5 Å². The van der Waals surface area contributed by atoms with E-state index in [-0.39, 0.29) is 18.4 Å². The first-order valence-corrected chi connectivity index (χ1v) is 10.1. The van der Waals surface area contributed by atoms with Crippen LogP contribution in [0.3, 0.4) is 0 Å². The highest BCUT2D eigenvalue weighted by atomic mass is 35.5. The van der Waals surface area contributed by atoms with Gasteiger partial charge in [0.1, 0.15) is 0 Å². The maximum Gasteiger partial charge on any atom is 0.253 e. The third kappa shape index (κ3) is 4.38. The minimum Gasteiger partial charge on any atom is -0.350 e.